The van der Waals surface area contributed by atoms with Crippen LogP contribution >= 0.6 is 0 Å². The number of aromatic nitrogens is 2. The van der Waals surface area contributed by atoms with E-state index in [0.29, 0.717) is 0 Å². The van der Waals surface area contributed by atoms with E-state index < -0.39 is 20.6 Å². The summed E-state index contributed by atoms with van der Waals surface area (Å²) in [5, 5.41) is 12.8. The second kappa shape index (κ2) is 4.48. The van der Waals surface area contributed by atoms with Crippen molar-refractivity contribution in [1.29, 1.82) is 0 Å². The molecule has 7 heteroatoms. The van der Waals surface area contributed by atoms with Gasteiger partial charge >= 0.3 is 5.97 Å². The summed E-state index contributed by atoms with van der Waals surface area (Å²) in [6.07, 6.45) is 3.56. The van der Waals surface area contributed by atoms with Crippen LogP contribution in [0, 0.1) is 0 Å². The molecule has 1 aromatic heterocycles. The number of aliphatic carboxylic acids is 1. The second-order valence-corrected chi connectivity index (χ2v) is 7.06. The topological polar surface area (TPSA) is 89.3 Å². The van der Waals surface area contributed by atoms with Crippen LogP contribution in [0.3, 0.4) is 0 Å². The minimum atomic E-state index is -3.68. The van der Waals surface area contributed by atoms with Crippen molar-refractivity contribution in [2.24, 2.45) is 7.05 Å². The Morgan fingerprint density at radius 2 is 2.12 bits per heavy atom. The van der Waals surface area contributed by atoms with E-state index in [1.165, 1.54) is 13.8 Å². The molecule has 0 fully saturated rings. The molecule has 0 radical (unpaired) electrons. The molecule has 0 atom stereocenters. The molecule has 1 heterocycles. The predicted molar refractivity (Wildman–Crippen MR) is 62.4 cm³/mol. The molecule has 1 rings (SSSR count). The van der Waals surface area contributed by atoms with E-state index >= 15 is 0 Å². The largest absolute Gasteiger partial charge is 0.480 e. The van der Waals surface area contributed by atoms with Gasteiger partial charge in [-0.25, -0.2) is 8.42 Å². The van der Waals surface area contributed by atoms with E-state index in [9.17, 15) is 13.2 Å². The maximum Gasteiger partial charge on any atom is 0.324 e. The van der Waals surface area contributed by atoms with Crippen LogP contribution < -0.4 is 0 Å². The summed E-state index contributed by atoms with van der Waals surface area (Å²) in [6.45, 7) is 2.40. The van der Waals surface area contributed by atoms with Crippen LogP contribution in [0.5, 0.6) is 0 Å². The van der Waals surface area contributed by atoms with Gasteiger partial charge in [-0.2, -0.15) is 5.10 Å². The van der Waals surface area contributed by atoms with E-state index in [-0.39, 0.29) is 12.2 Å². The molecule has 96 valence electrons. The van der Waals surface area contributed by atoms with Gasteiger partial charge in [0.15, 0.2) is 14.6 Å². The number of nitrogens with zero attached hydrogens (tertiary/aromatic N) is 2. The zero-order chi connectivity index (χ0) is 13.3. The number of carboxylic acid groups (broad SMARTS) is 1. The Labute approximate surface area is 100 Å². The van der Waals surface area contributed by atoms with Gasteiger partial charge in [0, 0.05) is 13.2 Å². The normalized spacial score (nSPS) is 12.6. The number of rotatable bonds is 5. The molecule has 0 saturated heterocycles. The molecule has 0 spiro atoms. The molecule has 0 amide bonds. The van der Waals surface area contributed by atoms with Gasteiger partial charge in [-0.05, 0) is 25.8 Å². The highest BCUT2D eigenvalue weighted by Crippen LogP contribution is 2.18. The highest BCUT2D eigenvalue weighted by atomic mass is 32.2. The van der Waals surface area contributed by atoms with Crippen molar-refractivity contribution in [2.45, 2.75) is 25.0 Å². The quantitative estimate of drug-likeness (QED) is 0.819. The number of carboxylic acids is 1. The average Bonchev–Trinajstić information content (AvgIpc) is 2.61. The molecule has 0 aliphatic heterocycles. The highest BCUT2D eigenvalue weighted by molar-refractivity contribution is 7.93. The van der Waals surface area contributed by atoms with Crippen LogP contribution in [0.25, 0.3) is 0 Å². The molecule has 0 aliphatic carbocycles. The lowest BCUT2D eigenvalue weighted by molar-refractivity contribution is -0.139. The van der Waals surface area contributed by atoms with Gasteiger partial charge in [-0.1, -0.05) is 0 Å². The first-order valence-corrected chi connectivity index (χ1v) is 6.75. The van der Waals surface area contributed by atoms with Gasteiger partial charge in [0.05, 0.1) is 11.9 Å². The van der Waals surface area contributed by atoms with Crippen LogP contribution in [0.1, 0.15) is 19.4 Å². The molecule has 17 heavy (non-hydrogen) atoms. The fourth-order valence-corrected chi connectivity index (χ4v) is 2.52. The van der Waals surface area contributed by atoms with Crippen molar-refractivity contribution in [3.63, 3.8) is 0 Å². The van der Waals surface area contributed by atoms with Crippen molar-refractivity contribution < 1.29 is 18.3 Å². The van der Waals surface area contributed by atoms with Gasteiger partial charge in [-0.3, -0.25) is 9.48 Å². The van der Waals surface area contributed by atoms with Crippen LogP contribution in [-0.2, 0) is 28.1 Å². The van der Waals surface area contributed by atoms with Gasteiger partial charge in [-0.15, -0.1) is 0 Å². The molecule has 1 aromatic rings. The van der Waals surface area contributed by atoms with Crippen molar-refractivity contribution >= 4 is 15.8 Å². The van der Waals surface area contributed by atoms with E-state index in [2.05, 4.69) is 5.10 Å². The molecule has 0 aliphatic rings. The van der Waals surface area contributed by atoms with E-state index in [4.69, 9.17) is 5.11 Å². The SMILES string of the molecule is Cn1cc(CCS(=O)(=O)C(C)(C)C(=O)O)cn1. The third-order valence-corrected chi connectivity index (χ3v) is 5.18. The predicted octanol–water partition coefficient (Wildman–Crippen LogP) is 0.241. The van der Waals surface area contributed by atoms with Crippen LogP contribution in [0.15, 0.2) is 12.4 Å². The van der Waals surface area contributed by atoms with Crippen LogP contribution in [0.4, 0.5) is 0 Å². The molecular formula is C10H16N2O4S. The molecule has 0 saturated carbocycles. The Kier molecular flexibility index (Phi) is 3.61. The summed E-state index contributed by atoms with van der Waals surface area (Å²) in [7, 11) is -1.95. The first kappa shape index (κ1) is 13.7. The minimum absolute atomic E-state index is 0.196. The summed E-state index contributed by atoms with van der Waals surface area (Å²) < 4.78 is 23.6. The number of hydrogen-bond acceptors (Lipinski definition) is 4. The third kappa shape index (κ3) is 2.85. The van der Waals surface area contributed by atoms with E-state index in [1.807, 2.05) is 0 Å². The first-order valence-electron chi connectivity index (χ1n) is 5.10. The zero-order valence-electron chi connectivity index (χ0n) is 10.0. The van der Waals surface area contributed by atoms with Gasteiger partial charge in [0.2, 0.25) is 0 Å². The monoisotopic (exact) mass is 260 g/mol. The summed E-state index contributed by atoms with van der Waals surface area (Å²) >= 11 is 0. The molecule has 1 N–H and O–H groups in total. The summed E-state index contributed by atoms with van der Waals surface area (Å²) in [5.74, 6) is -1.53. The van der Waals surface area contributed by atoms with Gasteiger partial charge in [0.1, 0.15) is 0 Å². The third-order valence-electron chi connectivity index (χ3n) is 2.71. The molecule has 0 bridgehead atoms. The lowest BCUT2D eigenvalue weighted by atomic mass is 10.2. The second-order valence-electron chi connectivity index (χ2n) is 4.41. The summed E-state index contributed by atoms with van der Waals surface area (Å²) in [5.41, 5.74) is 0.775. The van der Waals surface area contributed by atoms with Gasteiger partial charge in [0.25, 0.3) is 0 Å². The Morgan fingerprint density at radius 1 is 1.53 bits per heavy atom. The standard InChI is InChI=1S/C10H16N2O4S/c1-10(2,9(13)14)17(15,16)5-4-8-6-11-12(3)7-8/h6-7H,4-5H2,1-3H3,(H,13,14). The van der Waals surface area contributed by atoms with Gasteiger partial charge < -0.3 is 5.11 Å². The Balaban J connectivity index is 2.78. The van der Waals surface area contributed by atoms with Crippen molar-refractivity contribution in [1.82, 2.24) is 9.78 Å². The average molecular weight is 260 g/mol. The van der Waals surface area contributed by atoms with Crippen molar-refractivity contribution in [3.8, 4) is 0 Å². The lowest BCUT2D eigenvalue weighted by Gasteiger charge is -2.19. The number of hydrogen-bond donors (Lipinski definition) is 1. The molecule has 6 nitrogen and oxygen atoms in total. The smallest absolute Gasteiger partial charge is 0.324 e. The van der Waals surface area contributed by atoms with E-state index in [1.54, 1.807) is 24.1 Å². The number of aryl methyl sites for hydroxylation is 2. The Hall–Kier alpha value is -1.37. The summed E-state index contributed by atoms with van der Waals surface area (Å²) in [4.78, 5) is 10.9. The highest BCUT2D eigenvalue weighted by Gasteiger charge is 2.41. The fourth-order valence-electron chi connectivity index (χ4n) is 1.24. The molecule has 0 unspecified atom stereocenters. The van der Waals surface area contributed by atoms with Crippen molar-refractivity contribution in [3.05, 3.63) is 18.0 Å². The first-order chi connectivity index (χ1) is 7.67. The minimum Gasteiger partial charge on any atom is -0.480 e. The maximum absolute atomic E-state index is 11.9. The Morgan fingerprint density at radius 3 is 2.53 bits per heavy atom. The number of carbonyl (C=O) groups is 1. The van der Waals surface area contributed by atoms with Crippen LogP contribution in [0.2, 0.25) is 0 Å². The Bertz CT molecular complexity index is 516. The van der Waals surface area contributed by atoms with E-state index in [0.717, 1.165) is 5.56 Å². The summed E-state index contributed by atoms with van der Waals surface area (Å²) in [6, 6.07) is 0. The molecule has 0 aromatic carbocycles. The van der Waals surface area contributed by atoms with Crippen LogP contribution in [-0.4, -0.2) is 39.8 Å². The maximum atomic E-state index is 11.9. The van der Waals surface area contributed by atoms with Crippen molar-refractivity contribution in [2.75, 3.05) is 5.75 Å². The zero-order valence-corrected chi connectivity index (χ0v) is 10.9. The fraction of sp³-hybridized carbons (Fsp3) is 0.600. The number of sulfone groups is 1. The molecular weight excluding hydrogens is 244 g/mol. The lowest BCUT2D eigenvalue weighted by Crippen LogP contribution is -2.42.